The average Bonchev–Trinajstić information content (AvgIpc) is 2.85. The summed E-state index contributed by atoms with van der Waals surface area (Å²) in [6.45, 7) is 1.74. The van der Waals surface area contributed by atoms with Crippen molar-refractivity contribution in [1.29, 1.82) is 0 Å². The molecule has 19 heavy (non-hydrogen) atoms. The Hall–Kier alpha value is -2.30. The third-order valence-electron chi connectivity index (χ3n) is 3.78. The van der Waals surface area contributed by atoms with Gasteiger partial charge in [0.2, 0.25) is 0 Å². The largest absolute Gasteiger partial charge is 0.351 e. The first-order chi connectivity index (χ1) is 9.00. The van der Waals surface area contributed by atoms with E-state index in [9.17, 15) is 9.59 Å². The van der Waals surface area contributed by atoms with E-state index in [4.69, 9.17) is 0 Å². The molecule has 3 rings (SSSR count). The summed E-state index contributed by atoms with van der Waals surface area (Å²) >= 11 is 0. The first-order valence-electron chi connectivity index (χ1n) is 6.16. The van der Waals surface area contributed by atoms with Crippen molar-refractivity contribution in [3.63, 3.8) is 0 Å². The summed E-state index contributed by atoms with van der Waals surface area (Å²) in [6, 6.07) is 6.90. The lowest BCUT2D eigenvalue weighted by atomic mass is 10.2. The minimum absolute atomic E-state index is 0.178. The number of imide groups is 1. The monoisotopic (exact) mass is 257 g/mol. The van der Waals surface area contributed by atoms with E-state index in [0.717, 1.165) is 10.9 Å². The van der Waals surface area contributed by atoms with Crippen molar-refractivity contribution in [2.75, 3.05) is 11.9 Å². The number of nitrogens with zero attached hydrogens (tertiary/aromatic N) is 3. The van der Waals surface area contributed by atoms with Crippen LogP contribution in [0.5, 0.6) is 0 Å². The summed E-state index contributed by atoms with van der Waals surface area (Å²) in [4.78, 5) is 26.9. The van der Waals surface area contributed by atoms with Crippen molar-refractivity contribution in [3.8, 4) is 0 Å². The molecular weight excluding hydrogens is 242 g/mol. The Morgan fingerprint density at radius 3 is 2.47 bits per heavy atom. The zero-order valence-corrected chi connectivity index (χ0v) is 11.1. The van der Waals surface area contributed by atoms with E-state index in [1.54, 1.807) is 14.0 Å². The van der Waals surface area contributed by atoms with Crippen molar-refractivity contribution in [1.82, 2.24) is 9.47 Å². The van der Waals surface area contributed by atoms with Crippen molar-refractivity contribution >= 4 is 28.5 Å². The molecule has 1 aromatic carbocycles. The first-order valence-corrected chi connectivity index (χ1v) is 6.16. The third kappa shape index (κ3) is 1.54. The molecule has 3 amide bonds. The van der Waals surface area contributed by atoms with E-state index in [1.165, 1.54) is 9.80 Å². The maximum atomic E-state index is 12.1. The number of rotatable bonds is 1. The van der Waals surface area contributed by atoms with Crippen LogP contribution in [0.25, 0.3) is 10.9 Å². The number of aromatic nitrogens is 1. The van der Waals surface area contributed by atoms with Gasteiger partial charge in [-0.15, -0.1) is 0 Å². The molecule has 5 heteroatoms. The molecule has 1 aliphatic rings. The zero-order valence-electron chi connectivity index (χ0n) is 11.1. The SMILES string of the molecule is C[C@@H]1C(=O)N(c2ccc3c(ccn3C)c2)C(=O)N1C. The molecule has 1 aliphatic heterocycles. The summed E-state index contributed by atoms with van der Waals surface area (Å²) in [7, 11) is 3.61. The quantitative estimate of drug-likeness (QED) is 0.733. The molecule has 0 saturated carbocycles. The lowest BCUT2D eigenvalue weighted by molar-refractivity contribution is -0.119. The number of hydrogen-bond acceptors (Lipinski definition) is 2. The Morgan fingerprint density at radius 2 is 1.84 bits per heavy atom. The van der Waals surface area contributed by atoms with Crippen LogP contribution in [0, 0.1) is 0 Å². The summed E-state index contributed by atoms with van der Waals surface area (Å²) in [5.41, 5.74) is 1.70. The molecule has 98 valence electrons. The Labute approximate surface area is 111 Å². The van der Waals surface area contributed by atoms with Crippen LogP contribution in [0.15, 0.2) is 30.5 Å². The van der Waals surface area contributed by atoms with Gasteiger partial charge in [-0.05, 0) is 31.2 Å². The second-order valence-electron chi connectivity index (χ2n) is 4.91. The molecule has 0 radical (unpaired) electrons. The minimum atomic E-state index is -0.404. The van der Waals surface area contributed by atoms with Crippen molar-refractivity contribution < 1.29 is 9.59 Å². The smallest absolute Gasteiger partial charge is 0.331 e. The highest BCUT2D eigenvalue weighted by atomic mass is 16.2. The van der Waals surface area contributed by atoms with Gasteiger partial charge in [0, 0.05) is 31.2 Å². The van der Waals surface area contributed by atoms with E-state index in [2.05, 4.69) is 0 Å². The van der Waals surface area contributed by atoms with Crippen LogP contribution >= 0.6 is 0 Å². The fraction of sp³-hybridized carbons (Fsp3) is 0.286. The lowest BCUT2D eigenvalue weighted by Gasteiger charge is -2.14. The lowest BCUT2D eigenvalue weighted by Crippen LogP contribution is -2.31. The maximum Gasteiger partial charge on any atom is 0.331 e. The molecule has 5 nitrogen and oxygen atoms in total. The Morgan fingerprint density at radius 1 is 1.11 bits per heavy atom. The van der Waals surface area contributed by atoms with Crippen LogP contribution in [-0.4, -0.2) is 34.5 Å². The Kier molecular flexibility index (Phi) is 2.38. The standard InChI is InChI=1S/C14H15N3O2/c1-9-13(18)17(14(19)16(9)3)11-4-5-12-10(8-11)6-7-15(12)2/h4-9H,1-3H3/t9-/m1/s1. The van der Waals surface area contributed by atoms with Gasteiger partial charge in [0.05, 0.1) is 5.69 Å². The molecule has 1 saturated heterocycles. The average molecular weight is 257 g/mol. The fourth-order valence-corrected chi connectivity index (χ4v) is 2.42. The molecule has 1 atom stereocenters. The molecule has 0 spiro atoms. The summed E-state index contributed by atoms with van der Waals surface area (Å²) in [6.07, 6.45) is 1.96. The van der Waals surface area contributed by atoms with E-state index >= 15 is 0 Å². The van der Waals surface area contributed by atoms with Gasteiger partial charge in [-0.2, -0.15) is 0 Å². The number of urea groups is 1. The number of amides is 3. The van der Waals surface area contributed by atoms with Gasteiger partial charge in [-0.25, -0.2) is 9.69 Å². The van der Waals surface area contributed by atoms with Crippen LogP contribution < -0.4 is 4.90 Å². The molecular formula is C14H15N3O2. The van der Waals surface area contributed by atoms with Gasteiger partial charge in [0.1, 0.15) is 6.04 Å². The highest BCUT2D eigenvalue weighted by molar-refractivity contribution is 6.21. The van der Waals surface area contributed by atoms with Gasteiger partial charge in [-0.1, -0.05) is 0 Å². The topological polar surface area (TPSA) is 45.6 Å². The van der Waals surface area contributed by atoms with E-state index in [0.29, 0.717) is 5.69 Å². The van der Waals surface area contributed by atoms with Crippen LogP contribution in [-0.2, 0) is 11.8 Å². The number of carbonyl (C=O) groups is 2. The van der Waals surface area contributed by atoms with Gasteiger partial charge in [-0.3, -0.25) is 4.79 Å². The predicted octanol–water partition coefficient (Wildman–Crippen LogP) is 1.97. The number of aryl methyl sites for hydroxylation is 1. The van der Waals surface area contributed by atoms with Crippen molar-refractivity contribution in [2.45, 2.75) is 13.0 Å². The van der Waals surface area contributed by atoms with E-state index in [-0.39, 0.29) is 11.9 Å². The van der Waals surface area contributed by atoms with Gasteiger partial charge in [0.25, 0.3) is 5.91 Å². The van der Waals surface area contributed by atoms with E-state index in [1.807, 2.05) is 42.1 Å². The maximum absolute atomic E-state index is 12.1. The molecule has 0 bridgehead atoms. The molecule has 0 N–H and O–H groups in total. The number of fused-ring (bicyclic) bond motifs is 1. The van der Waals surface area contributed by atoms with E-state index < -0.39 is 6.04 Å². The Balaban J connectivity index is 2.09. The molecule has 1 fully saturated rings. The number of hydrogen-bond donors (Lipinski definition) is 0. The number of benzene rings is 1. The molecule has 1 aromatic heterocycles. The minimum Gasteiger partial charge on any atom is -0.351 e. The third-order valence-corrected chi connectivity index (χ3v) is 3.78. The Bertz CT molecular complexity index is 669. The second kappa shape index (κ2) is 3.85. The fourth-order valence-electron chi connectivity index (χ4n) is 2.42. The number of carbonyl (C=O) groups excluding carboxylic acids is 2. The van der Waals surface area contributed by atoms with Gasteiger partial charge in [0.15, 0.2) is 0 Å². The summed E-state index contributed by atoms with van der Waals surface area (Å²) < 4.78 is 2.00. The molecule has 2 heterocycles. The van der Waals surface area contributed by atoms with Crippen molar-refractivity contribution in [3.05, 3.63) is 30.5 Å². The van der Waals surface area contributed by atoms with Gasteiger partial charge >= 0.3 is 6.03 Å². The predicted molar refractivity (Wildman–Crippen MR) is 73.0 cm³/mol. The summed E-state index contributed by atoms with van der Waals surface area (Å²) in [5, 5.41) is 1.02. The number of anilines is 1. The highest BCUT2D eigenvalue weighted by Gasteiger charge is 2.41. The first kappa shape index (κ1) is 11.8. The normalized spacial score (nSPS) is 19.8. The van der Waals surface area contributed by atoms with Gasteiger partial charge < -0.3 is 9.47 Å². The number of likely N-dealkylation sites (N-methyl/N-ethyl adjacent to an activating group) is 1. The summed E-state index contributed by atoms with van der Waals surface area (Å²) in [5.74, 6) is -0.178. The molecule has 2 aromatic rings. The van der Waals surface area contributed by atoms with Crippen LogP contribution in [0.4, 0.5) is 10.5 Å². The highest BCUT2D eigenvalue weighted by Crippen LogP contribution is 2.27. The van der Waals surface area contributed by atoms with Crippen molar-refractivity contribution in [2.24, 2.45) is 7.05 Å². The van der Waals surface area contributed by atoms with Crippen LogP contribution in [0.2, 0.25) is 0 Å². The second-order valence-corrected chi connectivity index (χ2v) is 4.91. The van der Waals surface area contributed by atoms with Crippen LogP contribution in [0.1, 0.15) is 6.92 Å². The molecule has 0 unspecified atom stereocenters. The zero-order chi connectivity index (χ0) is 13.7. The molecule has 0 aliphatic carbocycles. The van der Waals surface area contributed by atoms with Crippen LogP contribution in [0.3, 0.4) is 0 Å².